The predicted octanol–water partition coefficient (Wildman–Crippen LogP) is 2.07. The molecule has 6 heteroatoms. The predicted molar refractivity (Wildman–Crippen MR) is 61.4 cm³/mol. The molecule has 2 rings (SSSR count). The van der Waals surface area contributed by atoms with Gasteiger partial charge in [-0.2, -0.15) is 5.10 Å². The highest BCUT2D eigenvalue weighted by atomic mass is 79.9. The van der Waals surface area contributed by atoms with Gasteiger partial charge in [-0.3, -0.25) is 4.79 Å². The molecule has 2 aromatic rings. The van der Waals surface area contributed by atoms with Crippen LogP contribution in [0.15, 0.2) is 22.8 Å². The van der Waals surface area contributed by atoms with Gasteiger partial charge in [-0.15, -0.1) is 0 Å². The largest absolute Gasteiger partial charge is 0.481 e. The second-order valence-electron chi connectivity index (χ2n) is 3.62. The average molecular weight is 284 g/mol. The van der Waals surface area contributed by atoms with Gasteiger partial charge in [0.25, 0.3) is 0 Å². The van der Waals surface area contributed by atoms with Crippen LogP contribution >= 0.6 is 15.9 Å². The Morgan fingerprint density at radius 2 is 2.38 bits per heavy atom. The maximum atomic E-state index is 10.6. The highest BCUT2D eigenvalue weighted by Crippen LogP contribution is 2.17. The fourth-order valence-corrected chi connectivity index (χ4v) is 1.76. The van der Waals surface area contributed by atoms with Gasteiger partial charge in [-0.25, -0.2) is 9.50 Å². The fourth-order valence-electron chi connectivity index (χ4n) is 1.44. The molecule has 0 aliphatic rings. The van der Waals surface area contributed by atoms with Crippen LogP contribution in [-0.4, -0.2) is 25.7 Å². The summed E-state index contributed by atoms with van der Waals surface area (Å²) in [4.78, 5) is 14.9. The Morgan fingerprint density at radius 3 is 3.06 bits per heavy atom. The molecule has 0 aromatic carbocycles. The minimum absolute atomic E-state index is 0.0397. The highest BCUT2D eigenvalue weighted by molar-refractivity contribution is 9.10. The fraction of sp³-hybridized carbons (Fsp3) is 0.300. The van der Waals surface area contributed by atoms with Crippen molar-refractivity contribution in [3.05, 3.63) is 28.6 Å². The second-order valence-corrected chi connectivity index (χ2v) is 4.53. The van der Waals surface area contributed by atoms with E-state index in [1.165, 1.54) is 0 Å². The monoisotopic (exact) mass is 283 g/mol. The lowest BCUT2D eigenvalue weighted by Crippen LogP contribution is -2.04. The molecule has 0 bridgehead atoms. The summed E-state index contributed by atoms with van der Waals surface area (Å²) >= 11 is 3.34. The van der Waals surface area contributed by atoms with Gasteiger partial charge < -0.3 is 5.11 Å². The number of aliphatic carboxylic acids is 1. The van der Waals surface area contributed by atoms with E-state index in [2.05, 4.69) is 26.0 Å². The smallest absolute Gasteiger partial charge is 0.304 e. The molecule has 2 heterocycles. The molecule has 2 aromatic heterocycles. The first-order chi connectivity index (χ1) is 7.56. The van der Waals surface area contributed by atoms with E-state index in [-0.39, 0.29) is 12.3 Å². The summed E-state index contributed by atoms with van der Waals surface area (Å²) in [6.07, 6.45) is 1.83. The Hall–Kier alpha value is -1.43. The van der Waals surface area contributed by atoms with Crippen molar-refractivity contribution in [2.75, 3.05) is 0 Å². The lowest BCUT2D eigenvalue weighted by molar-refractivity contribution is -0.137. The van der Waals surface area contributed by atoms with Crippen molar-refractivity contribution in [3.8, 4) is 0 Å². The molecule has 0 aliphatic heterocycles. The molecule has 16 heavy (non-hydrogen) atoms. The number of nitrogens with zero attached hydrogens (tertiary/aromatic N) is 3. The minimum Gasteiger partial charge on any atom is -0.481 e. The van der Waals surface area contributed by atoms with Crippen LogP contribution in [0.3, 0.4) is 0 Å². The summed E-state index contributed by atoms with van der Waals surface area (Å²) in [5, 5.41) is 12.9. The lowest BCUT2D eigenvalue weighted by atomic mass is 10.1. The van der Waals surface area contributed by atoms with Crippen molar-refractivity contribution < 1.29 is 9.90 Å². The number of carbonyl (C=O) groups is 1. The molecular weight excluding hydrogens is 274 g/mol. The molecule has 84 valence electrons. The number of aromatic nitrogens is 3. The number of pyridine rings is 1. The molecule has 1 unspecified atom stereocenters. The van der Waals surface area contributed by atoms with Crippen LogP contribution in [0.25, 0.3) is 5.65 Å². The summed E-state index contributed by atoms with van der Waals surface area (Å²) < 4.78 is 2.54. The Balaban J connectivity index is 2.35. The number of hydrogen-bond donors (Lipinski definition) is 1. The zero-order valence-electron chi connectivity index (χ0n) is 8.59. The van der Waals surface area contributed by atoms with Crippen LogP contribution in [0, 0.1) is 0 Å². The zero-order chi connectivity index (χ0) is 11.7. The number of carboxylic acid groups (broad SMARTS) is 1. The van der Waals surface area contributed by atoms with Gasteiger partial charge in [0.15, 0.2) is 11.5 Å². The van der Waals surface area contributed by atoms with Gasteiger partial charge in [0.2, 0.25) is 0 Å². The zero-order valence-corrected chi connectivity index (χ0v) is 10.2. The van der Waals surface area contributed by atoms with Crippen LogP contribution in [0.2, 0.25) is 0 Å². The van der Waals surface area contributed by atoms with Crippen molar-refractivity contribution in [1.29, 1.82) is 0 Å². The topological polar surface area (TPSA) is 67.5 Å². The third kappa shape index (κ3) is 2.21. The van der Waals surface area contributed by atoms with Gasteiger partial charge in [0, 0.05) is 16.6 Å². The molecule has 0 spiro atoms. The summed E-state index contributed by atoms with van der Waals surface area (Å²) in [5.41, 5.74) is 0.718. The second kappa shape index (κ2) is 4.21. The van der Waals surface area contributed by atoms with E-state index in [4.69, 9.17) is 5.11 Å². The third-order valence-corrected chi connectivity index (χ3v) is 2.70. The number of carboxylic acids is 1. The van der Waals surface area contributed by atoms with Gasteiger partial charge >= 0.3 is 5.97 Å². The van der Waals surface area contributed by atoms with Crippen LogP contribution in [-0.2, 0) is 4.79 Å². The Morgan fingerprint density at radius 1 is 1.62 bits per heavy atom. The molecule has 0 radical (unpaired) electrons. The van der Waals surface area contributed by atoms with Crippen LogP contribution in [0.4, 0.5) is 0 Å². The Bertz CT molecular complexity index is 538. The van der Waals surface area contributed by atoms with E-state index in [0.29, 0.717) is 5.82 Å². The first-order valence-electron chi connectivity index (χ1n) is 4.80. The average Bonchev–Trinajstić information content (AvgIpc) is 2.59. The van der Waals surface area contributed by atoms with Crippen molar-refractivity contribution in [2.45, 2.75) is 19.3 Å². The first-order valence-corrected chi connectivity index (χ1v) is 5.59. The van der Waals surface area contributed by atoms with Gasteiger partial charge in [-0.05, 0) is 28.1 Å². The molecule has 0 amide bonds. The number of rotatable bonds is 3. The molecule has 5 nitrogen and oxygen atoms in total. The molecule has 1 N–H and O–H groups in total. The number of hydrogen-bond acceptors (Lipinski definition) is 3. The molecule has 1 atom stereocenters. The maximum absolute atomic E-state index is 10.6. The lowest BCUT2D eigenvalue weighted by Gasteiger charge is -2.01. The van der Waals surface area contributed by atoms with Crippen LogP contribution < -0.4 is 0 Å². The van der Waals surface area contributed by atoms with E-state index < -0.39 is 5.97 Å². The first kappa shape index (κ1) is 11.1. The normalized spacial score (nSPS) is 12.9. The molecule has 0 aliphatic carbocycles. The molecule has 0 saturated carbocycles. The van der Waals surface area contributed by atoms with E-state index >= 15 is 0 Å². The maximum Gasteiger partial charge on any atom is 0.304 e. The summed E-state index contributed by atoms with van der Waals surface area (Å²) in [6, 6.07) is 3.70. The SMILES string of the molecule is CC(CC(=O)O)c1nc2ccc(Br)cn2n1. The summed E-state index contributed by atoms with van der Waals surface area (Å²) in [7, 11) is 0. The molecule has 0 fully saturated rings. The van der Waals surface area contributed by atoms with E-state index in [9.17, 15) is 4.79 Å². The standard InChI is InChI=1S/C10H10BrN3O2/c1-6(4-9(15)16)10-12-8-3-2-7(11)5-14(8)13-10/h2-3,5-6H,4H2,1H3,(H,15,16). The highest BCUT2D eigenvalue weighted by Gasteiger charge is 2.15. The van der Waals surface area contributed by atoms with Crippen LogP contribution in [0.5, 0.6) is 0 Å². The van der Waals surface area contributed by atoms with Gasteiger partial charge in [-0.1, -0.05) is 6.92 Å². The molecular formula is C10H10BrN3O2. The van der Waals surface area contributed by atoms with Crippen molar-refractivity contribution in [1.82, 2.24) is 14.6 Å². The van der Waals surface area contributed by atoms with E-state index in [1.807, 2.05) is 12.1 Å². The van der Waals surface area contributed by atoms with E-state index in [1.54, 1.807) is 17.6 Å². The molecule has 0 saturated heterocycles. The Kier molecular flexibility index (Phi) is 2.91. The summed E-state index contributed by atoms with van der Waals surface area (Å²) in [5.74, 6) is -0.468. The number of fused-ring (bicyclic) bond motifs is 1. The van der Waals surface area contributed by atoms with Gasteiger partial charge in [0.05, 0.1) is 6.42 Å². The Labute approximate surface area is 100 Å². The third-order valence-electron chi connectivity index (χ3n) is 2.23. The minimum atomic E-state index is -0.840. The quantitative estimate of drug-likeness (QED) is 0.936. The van der Waals surface area contributed by atoms with Crippen molar-refractivity contribution in [2.24, 2.45) is 0 Å². The van der Waals surface area contributed by atoms with Crippen molar-refractivity contribution in [3.63, 3.8) is 0 Å². The summed E-state index contributed by atoms with van der Waals surface area (Å²) in [6.45, 7) is 1.80. The van der Waals surface area contributed by atoms with Crippen LogP contribution in [0.1, 0.15) is 25.1 Å². The number of halogens is 1. The van der Waals surface area contributed by atoms with Gasteiger partial charge in [0.1, 0.15) is 0 Å². The van der Waals surface area contributed by atoms with E-state index in [0.717, 1.165) is 10.1 Å². The van der Waals surface area contributed by atoms with Crippen molar-refractivity contribution >= 4 is 27.5 Å².